The summed E-state index contributed by atoms with van der Waals surface area (Å²) in [6, 6.07) is 17.8. The van der Waals surface area contributed by atoms with E-state index in [1.807, 2.05) is 54.6 Å². The molecule has 0 radical (unpaired) electrons. The Morgan fingerprint density at radius 3 is 2.42 bits per heavy atom. The second kappa shape index (κ2) is 7.32. The van der Waals surface area contributed by atoms with Gasteiger partial charge in [0.15, 0.2) is 0 Å². The Morgan fingerprint density at radius 1 is 1.08 bits per heavy atom. The Bertz CT molecular complexity index is 793. The van der Waals surface area contributed by atoms with Crippen LogP contribution in [0.2, 0.25) is 0 Å². The summed E-state index contributed by atoms with van der Waals surface area (Å²) in [5.74, 6) is -0.344. The SMILES string of the molecule is CC(C)(C)c1ccccc1NC(=O)C1CC(=O)N(Cc2ccccc2)C1. The van der Waals surface area contributed by atoms with Gasteiger partial charge in [-0.05, 0) is 22.6 Å². The number of nitrogens with one attached hydrogen (secondary N) is 1. The van der Waals surface area contributed by atoms with Gasteiger partial charge in [-0.15, -0.1) is 0 Å². The van der Waals surface area contributed by atoms with Crippen LogP contribution < -0.4 is 5.32 Å². The van der Waals surface area contributed by atoms with Gasteiger partial charge in [-0.25, -0.2) is 0 Å². The normalized spacial score (nSPS) is 17.4. The number of para-hydroxylation sites is 1. The van der Waals surface area contributed by atoms with Gasteiger partial charge in [-0.3, -0.25) is 9.59 Å². The number of carbonyl (C=O) groups excluding carboxylic acids is 2. The highest BCUT2D eigenvalue weighted by molar-refractivity contribution is 5.97. The van der Waals surface area contributed by atoms with Crippen LogP contribution >= 0.6 is 0 Å². The molecule has 1 N–H and O–H groups in total. The van der Waals surface area contributed by atoms with Crippen LogP contribution in [0.4, 0.5) is 5.69 Å². The Balaban J connectivity index is 1.68. The van der Waals surface area contributed by atoms with Gasteiger partial charge in [0.05, 0.1) is 5.92 Å². The summed E-state index contributed by atoms with van der Waals surface area (Å²) < 4.78 is 0. The van der Waals surface area contributed by atoms with Crippen molar-refractivity contribution in [2.75, 3.05) is 11.9 Å². The van der Waals surface area contributed by atoms with E-state index in [1.54, 1.807) is 4.90 Å². The van der Waals surface area contributed by atoms with Gasteiger partial charge in [-0.1, -0.05) is 69.3 Å². The lowest BCUT2D eigenvalue weighted by atomic mass is 9.85. The Morgan fingerprint density at radius 2 is 1.73 bits per heavy atom. The molecule has 0 saturated carbocycles. The maximum atomic E-state index is 12.7. The second-order valence-electron chi connectivity index (χ2n) is 7.95. The standard InChI is InChI=1S/C22H26N2O2/c1-22(2,3)18-11-7-8-12-19(18)23-21(26)17-13-20(25)24(15-17)14-16-9-5-4-6-10-16/h4-12,17H,13-15H2,1-3H3,(H,23,26). The van der Waals surface area contributed by atoms with E-state index in [1.165, 1.54) is 0 Å². The van der Waals surface area contributed by atoms with Crippen molar-refractivity contribution >= 4 is 17.5 Å². The largest absolute Gasteiger partial charge is 0.338 e. The summed E-state index contributed by atoms with van der Waals surface area (Å²) >= 11 is 0. The molecule has 2 aromatic carbocycles. The van der Waals surface area contributed by atoms with Gasteiger partial charge in [0.1, 0.15) is 0 Å². The molecule has 26 heavy (non-hydrogen) atoms. The van der Waals surface area contributed by atoms with Crippen LogP contribution in [0.25, 0.3) is 0 Å². The fourth-order valence-electron chi connectivity index (χ4n) is 3.39. The molecular weight excluding hydrogens is 324 g/mol. The minimum atomic E-state index is -0.306. The van der Waals surface area contributed by atoms with Gasteiger partial charge in [0.2, 0.25) is 11.8 Å². The Kier molecular flexibility index (Phi) is 5.12. The minimum absolute atomic E-state index is 0.0399. The van der Waals surface area contributed by atoms with Crippen molar-refractivity contribution in [1.82, 2.24) is 4.90 Å². The molecule has 0 bridgehead atoms. The van der Waals surface area contributed by atoms with Gasteiger partial charge < -0.3 is 10.2 Å². The number of carbonyl (C=O) groups is 2. The molecule has 0 spiro atoms. The van der Waals surface area contributed by atoms with E-state index < -0.39 is 0 Å². The summed E-state index contributed by atoms with van der Waals surface area (Å²) in [7, 11) is 0. The first-order valence-electron chi connectivity index (χ1n) is 9.06. The third kappa shape index (κ3) is 4.13. The topological polar surface area (TPSA) is 49.4 Å². The molecule has 1 aliphatic heterocycles. The molecule has 1 unspecified atom stereocenters. The minimum Gasteiger partial charge on any atom is -0.338 e. The van der Waals surface area contributed by atoms with Crippen LogP contribution in [0.1, 0.15) is 38.3 Å². The van der Waals surface area contributed by atoms with Crippen LogP contribution in [0.15, 0.2) is 54.6 Å². The summed E-state index contributed by atoms with van der Waals surface area (Å²) in [5.41, 5.74) is 2.95. The highest BCUT2D eigenvalue weighted by Crippen LogP contribution is 2.30. The highest BCUT2D eigenvalue weighted by atomic mass is 16.2. The van der Waals surface area contributed by atoms with E-state index in [9.17, 15) is 9.59 Å². The van der Waals surface area contributed by atoms with E-state index in [-0.39, 0.29) is 29.6 Å². The van der Waals surface area contributed by atoms with Crippen molar-refractivity contribution in [3.05, 3.63) is 65.7 Å². The fourth-order valence-corrected chi connectivity index (χ4v) is 3.39. The zero-order valence-corrected chi connectivity index (χ0v) is 15.7. The second-order valence-corrected chi connectivity index (χ2v) is 7.95. The van der Waals surface area contributed by atoms with Crippen molar-refractivity contribution in [2.24, 2.45) is 5.92 Å². The molecule has 1 saturated heterocycles. The first kappa shape index (κ1) is 18.2. The first-order valence-corrected chi connectivity index (χ1v) is 9.06. The van der Waals surface area contributed by atoms with E-state index in [0.29, 0.717) is 13.1 Å². The predicted octanol–water partition coefficient (Wildman–Crippen LogP) is 3.97. The molecule has 1 fully saturated rings. The van der Waals surface area contributed by atoms with Gasteiger partial charge in [-0.2, -0.15) is 0 Å². The number of amides is 2. The summed E-state index contributed by atoms with van der Waals surface area (Å²) in [5, 5.41) is 3.05. The highest BCUT2D eigenvalue weighted by Gasteiger charge is 2.34. The van der Waals surface area contributed by atoms with Crippen molar-refractivity contribution in [3.8, 4) is 0 Å². The van der Waals surface area contributed by atoms with Crippen LogP contribution in [-0.2, 0) is 21.5 Å². The smallest absolute Gasteiger partial charge is 0.229 e. The molecule has 2 aromatic rings. The first-order chi connectivity index (χ1) is 12.3. The molecule has 1 atom stereocenters. The number of hydrogen-bond acceptors (Lipinski definition) is 2. The maximum Gasteiger partial charge on any atom is 0.229 e. The van der Waals surface area contributed by atoms with E-state index >= 15 is 0 Å². The molecule has 2 amide bonds. The van der Waals surface area contributed by atoms with Gasteiger partial charge >= 0.3 is 0 Å². The summed E-state index contributed by atoms with van der Waals surface area (Å²) in [6.45, 7) is 7.40. The summed E-state index contributed by atoms with van der Waals surface area (Å²) in [6.07, 6.45) is 0.274. The number of benzene rings is 2. The monoisotopic (exact) mass is 350 g/mol. The lowest BCUT2D eigenvalue weighted by molar-refractivity contribution is -0.128. The number of likely N-dealkylation sites (tertiary alicyclic amines) is 1. The van der Waals surface area contributed by atoms with Crippen molar-refractivity contribution in [1.29, 1.82) is 0 Å². The van der Waals surface area contributed by atoms with E-state index in [2.05, 4.69) is 26.1 Å². The molecule has 136 valence electrons. The van der Waals surface area contributed by atoms with Crippen LogP contribution in [0.3, 0.4) is 0 Å². The Labute approximate surface area is 155 Å². The van der Waals surface area contributed by atoms with Crippen LogP contribution in [0.5, 0.6) is 0 Å². The van der Waals surface area contributed by atoms with Crippen LogP contribution in [0, 0.1) is 5.92 Å². The zero-order valence-electron chi connectivity index (χ0n) is 15.7. The quantitative estimate of drug-likeness (QED) is 0.907. The molecule has 4 nitrogen and oxygen atoms in total. The van der Waals surface area contributed by atoms with Gasteiger partial charge in [0.25, 0.3) is 0 Å². The number of anilines is 1. The lowest BCUT2D eigenvalue weighted by Gasteiger charge is -2.23. The van der Waals surface area contributed by atoms with Crippen molar-refractivity contribution in [3.63, 3.8) is 0 Å². The predicted molar refractivity (Wildman–Crippen MR) is 104 cm³/mol. The molecular formula is C22H26N2O2. The Hall–Kier alpha value is -2.62. The average Bonchev–Trinajstić information content (AvgIpc) is 2.96. The van der Waals surface area contributed by atoms with Crippen molar-refractivity contribution in [2.45, 2.75) is 39.2 Å². The molecule has 4 heteroatoms. The third-order valence-electron chi connectivity index (χ3n) is 4.79. The molecule has 3 rings (SSSR count). The maximum absolute atomic E-state index is 12.7. The van der Waals surface area contributed by atoms with Gasteiger partial charge in [0, 0.05) is 25.2 Å². The lowest BCUT2D eigenvalue weighted by Crippen LogP contribution is -2.28. The molecule has 1 aliphatic rings. The summed E-state index contributed by atoms with van der Waals surface area (Å²) in [4.78, 5) is 26.8. The number of nitrogens with zero attached hydrogens (tertiary/aromatic N) is 1. The number of rotatable bonds is 4. The fraction of sp³-hybridized carbons (Fsp3) is 0.364. The molecule has 0 aliphatic carbocycles. The van der Waals surface area contributed by atoms with E-state index in [4.69, 9.17) is 0 Å². The van der Waals surface area contributed by atoms with Crippen LogP contribution in [-0.4, -0.2) is 23.3 Å². The number of hydrogen-bond donors (Lipinski definition) is 1. The third-order valence-corrected chi connectivity index (χ3v) is 4.79. The molecule has 0 aromatic heterocycles. The average molecular weight is 350 g/mol. The van der Waals surface area contributed by atoms with E-state index in [0.717, 1.165) is 16.8 Å². The molecule has 1 heterocycles. The van der Waals surface area contributed by atoms with Crippen molar-refractivity contribution < 1.29 is 9.59 Å². The zero-order chi connectivity index (χ0) is 18.7.